The Kier molecular flexibility index (Phi) is 5.07. The lowest BCUT2D eigenvalue weighted by atomic mass is 10.3. The second kappa shape index (κ2) is 6.37. The average molecular weight is 226 g/mol. The molecule has 0 radical (unpaired) electrons. The van der Waals surface area contributed by atoms with Crippen molar-refractivity contribution in [1.29, 1.82) is 0 Å². The maximum atomic E-state index is 11.6. The third-order valence-corrected chi connectivity index (χ3v) is 2.98. The fraction of sp³-hybridized carbons (Fsp3) is 0.273. The molecule has 3 nitrogen and oxygen atoms in total. The van der Waals surface area contributed by atoms with Crippen molar-refractivity contribution in [2.24, 2.45) is 0 Å². The van der Waals surface area contributed by atoms with E-state index >= 15 is 0 Å². The monoisotopic (exact) mass is 226 g/mol. The SMILES string of the molecule is COc1ccc(S(=O)/C=C\CCO)cc1. The molecule has 0 saturated heterocycles. The van der Waals surface area contributed by atoms with Crippen molar-refractivity contribution in [2.45, 2.75) is 11.3 Å². The van der Waals surface area contributed by atoms with Crippen LogP contribution < -0.4 is 4.74 Å². The van der Waals surface area contributed by atoms with Crippen LogP contribution in [-0.2, 0) is 10.8 Å². The van der Waals surface area contributed by atoms with Crippen molar-refractivity contribution in [3.63, 3.8) is 0 Å². The summed E-state index contributed by atoms with van der Waals surface area (Å²) in [5.41, 5.74) is 0. The van der Waals surface area contributed by atoms with Gasteiger partial charge in [0.25, 0.3) is 0 Å². The van der Waals surface area contributed by atoms with Gasteiger partial charge in [0.1, 0.15) is 5.75 Å². The van der Waals surface area contributed by atoms with Crippen LogP contribution in [0.15, 0.2) is 40.6 Å². The highest BCUT2D eigenvalue weighted by Crippen LogP contribution is 2.14. The molecule has 0 amide bonds. The molecule has 0 bridgehead atoms. The Hall–Kier alpha value is -1.13. The smallest absolute Gasteiger partial charge is 0.118 e. The number of hydrogen-bond donors (Lipinski definition) is 1. The second-order valence-corrected chi connectivity index (χ2v) is 4.20. The highest BCUT2D eigenvalue weighted by Gasteiger charge is 1.99. The molecule has 0 aromatic heterocycles. The van der Waals surface area contributed by atoms with Crippen molar-refractivity contribution < 1.29 is 14.1 Å². The van der Waals surface area contributed by atoms with E-state index in [-0.39, 0.29) is 6.61 Å². The van der Waals surface area contributed by atoms with Crippen molar-refractivity contribution in [3.05, 3.63) is 35.7 Å². The van der Waals surface area contributed by atoms with Gasteiger partial charge in [-0.05, 0) is 30.7 Å². The van der Waals surface area contributed by atoms with Gasteiger partial charge < -0.3 is 9.84 Å². The summed E-state index contributed by atoms with van der Waals surface area (Å²) in [6.07, 6.45) is 2.24. The van der Waals surface area contributed by atoms with Crippen LogP contribution in [0.4, 0.5) is 0 Å². The van der Waals surface area contributed by atoms with Gasteiger partial charge in [0.2, 0.25) is 0 Å². The van der Waals surface area contributed by atoms with Crippen molar-refractivity contribution in [1.82, 2.24) is 0 Å². The van der Waals surface area contributed by atoms with Crippen LogP contribution in [0.2, 0.25) is 0 Å². The molecule has 4 heteroatoms. The maximum absolute atomic E-state index is 11.6. The number of benzene rings is 1. The van der Waals surface area contributed by atoms with Gasteiger partial charge in [-0.2, -0.15) is 0 Å². The first-order valence-electron chi connectivity index (χ1n) is 4.60. The molecule has 1 aromatic carbocycles. The molecule has 1 N–H and O–H groups in total. The fourth-order valence-electron chi connectivity index (χ4n) is 1.02. The molecule has 1 aromatic rings. The average Bonchev–Trinajstić information content (AvgIpc) is 2.29. The molecule has 0 saturated carbocycles. The molecular formula is C11H14O3S. The Balaban J connectivity index is 2.66. The summed E-state index contributed by atoms with van der Waals surface area (Å²) in [5, 5.41) is 10.1. The van der Waals surface area contributed by atoms with Crippen LogP contribution in [0.3, 0.4) is 0 Å². The first-order valence-corrected chi connectivity index (χ1v) is 5.81. The van der Waals surface area contributed by atoms with Crippen LogP contribution in [-0.4, -0.2) is 23.0 Å². The number of ether oxygens (including phenoxy) is 1. The lowest BCUT2D eigenvalue weighted by Gasteiger charge is -2.00. The van der Waals surface area contributed by atoms with Crippen LogP contribution in [0.5, 0.6) is 5.75 Å². The predicted octanol–water partition coefficient (Wildman–Crippen LogP) is 1.70. The van der Waals surface area contributed by atoms with Crippen LogP contribution in [0, 0.1) is 0 Å². The Labute approximate surface area is 91.8 Å². The molecule has 0 aliphatic carbocycles. The molecule has 0 fully saturated rings. The first kappa shape index (κ1) is 11.9. The quantitative estimate of drug-likeness (QED) is 0.831. The van der Waals surface area contributed by atoms with Crippen molar-refractivity contribution >= 4 is 10.8 Å². The lowest BCUT2D eigenvalue weighted by molar-refractivity contribution is 0.302. The van der Waals surface area contributed by atoms with Crippen LogP contribution in [0.1, 0.15) is 6.42 Å². The molecule has 1 atom stereocenters. The molecule has 0 heterocycles. The van der Waals surface area contributed by atoms with Gasteiger partial charge in [0, 0.05) is 16.9 Å². The summed E-state index contributed by atoms with van der Waals surface area (Å²) >= 11 is 0. The van der Waals surface area contributed by atoms with Crippen LogP contribution in [0.25, 0.3) is 0 Å². The van der Waals surface area contributed by atoms with E-state index < -0.39 is 10.8 Å². The number of aliphatic hydroxyl groups is 1. The Morgan fingerprint density at radius 1 is 1.40 bits per heavy atom. The Morgan fingerprint density at radius 3 is 2.60 bits per heavy atom. The molecule has 0 aliphatic heterocycles. The zero-order valence-corrected chi connectivity index (χ0v) is 9.37. The first-order chi connectivity index (χ1) is 7.27. The van der Waals surface area contributed by atoms with Gasteiger partial charge in [-0.3, -0.25) is 0 Å². The zero-order valence-electron chi connectivity index (χ0n) is 8.55. The van der Waals surface area contributed by atoms with Gasteiger partial charge in [-0.25, -0.2) is 4.21 Å². The summed E-state index contributed by atoms with van der Waals surface area (Å²) in [6, 6.07) is 7.07. The van der Waals surface area contributed by atoms with E-state index in [2.05, 4.69) is 0 Å². The standard InChI is InChI=1S/C11H14O3S/c1-14-10-4-6-11(7-5-10)15(13)9-3-2-8-12/h3-7,9,12H,2,8H2,1H3/b9-3-. The Morgan fingerprint density at radius 2 is 2.07 bits per heavy atom. The summed E-state index contributed by atoms with van der Waals surface area (Å²) in [7, 11) is 0.448. The Bertz CT molecular complexity index is 343. The van der Waals surface area contributed by atoms with E-state index in [0.717, 1.165) is 10.6 Å². The normalized spacial score (nSPS) is 12.9. The van der Waals surface area contributed by atoms with Gasteiger partial charge in [0.05, 0.1) is 17.9 Å². The van der Waals surface area contributed by atoms with E-state index in [9.17, 15) is 4.21 Å². The van der Waals surface area contributed by atoms with Crippen molar-refractivity contribution in [3.8, 4) is 5.75 Å². The molecular weight excluding hydrogens is 212 g/mol. The molecule has 0 aliphatic rings. The van der Waals surface area contributed by atoms with E-state index in [1.165, 1.54) is 0 Å². The third-order valence-electron chi connectivity index (χ3n) is 1.81. The molecule has 1 rings (SSSR count). The zero-order chi connectivity index (χ0) is 11.1. The number of rotatable bonds is 5. The van der Waals surface area contributed by atoms with Gasteiger partial charge in [-0.15, -0.1) is 0 Å². The van der Waals surface area contributed by atoms with Gasteiger partial charge in [-0.1, -0.05) is 6.08 Å². The van der Waals surface area contributed by atoms with Crippen LogP contribution >= 0.6 is 0 Å². The summed E-state index contributed by atoms with van der Waals surface area (Å²) < 4.78 is 16.6. The topological polar surface area (TPSA) is 46.5 Å². The lowest BCUT2D eigenvalue weighted by Crippen LogP contribution is -1.88. The van der Waals surface area contributed by atoms with Gasteiger partial charge in [0.15, 0.2) is 0 Å². The number of aliphatic hydroxyl groups excluding tert-OH is 1. The highest BCUT2D eigenvalue weighted by atomic mass is 32.2. The second-order valence-electron chi connectivity index (χ2n) is 2.86. The maximum Gasteiger partial charge on any atom is 0.118 e. The minimum atomic E-state index is -1.14. The van der Waals surface area contributed by atoms with Gasteiger partial charge >= 0.3 is 0 Å². The predicted molar refractivity (Wildman–Crippen MR) is 60.2 cm³/mol. The van der Waals surface area contributed by atoms with Crippen molar-refractivity contribution in [2.75, 3.05) is 13.7 Å². The minimum absolute atomic E-state index is 0.0797. The highest BCUT2D eigenvalue weighted by molar-refractivity contribution is 7.88. The molecule has 15 heavy (non-hydrogen) atoms. The summed E-state index contributed by atoms with van der Waals surface area (Å²) in [6.45, 7) is 0.0797. The summed E-state index contributed by atoms with van der Waals surface area (Å²) in [5.74, 6) is 0.745. The van der Waals surface area contributed by atoms with E-state index in [4.69, 9.17) is 9.84 Å². The number of methoxy groups -OCH3 is 1. The summed E-state index contributed by atoms with van der Waals surface area (Å²) in [4.78, 5) is 0.727. The minimum Gasteiger partial charge on any atom is -0.497 e. The molecule has 1 unspecified atom stereocenters. The largest absolute Gasteiger partial charge is 0.497 e. The molecule has 82 valence electrons. The van der Waals surface area contributed by atoms with E-state index in [0.29, 0.717) is 6.42 Å². The van der Waals surface area contributed by atoms with E-state index in [1.54, 1.807) is 42.9 Å². The molecule has 0 spiro atoms. The third kappa shape index (κ3) is 3.85. The fourth-order valence-corrected chi connectivity index (χ4v) is 1.89. The number of hydrogen-bond acceptors (Lipinski definition) is 3. The van der Waals surface area contributed by atoms with E-state index in [1.807, 2.05) is 0 Å².